The van der Waals surface area contributed by atoms with Gasteiger partial charge in [-0.15, -0.1) is 10.2 Å². The van der Waals surface area contributed by atoms with Crippen LogP contribution in [-0.4, -0.2) is 21.0 Å². The van der Waals surface area contributed by atoms with Gasteiger partial charge in [-0.2, -0.15) is 0 Å². The Morgan fingerprint density at radius 1 is 1.30 bits per heavy atom. The summed E-state index contributed by atoms with van der Waals surface area (Å²) in [5, 5.41) is 21.4. The number of hydrogen-bond donors (Lipinski definition) is 1. The Hall–Kier alpha value is -2.56. The molecule has 0 bridgehead atoms. The molecule has 1 amide bonds. The first-order valence-electron chi connectivity index (χ1n) is 7.39. The Labute approximate surface area is 165 Å². The number of rotatable bonds is 6. The lowest BCUT2D eigenvalue weighted by molar-refractivity contribution is -0.384. The zero-order valence-corrected chi connectivity index (χ0v) is 15.8. The van der Waals surface area contributed by atoms with Crippen LogP contribution in [0.5, 0.6) is 0 Å². The van der Waals surface area contributed by atoms with E-state index >= 15 is 0 Å². The first kappa shape index (κ1) is 19.2. The first-order valence-corrected chi connectivity index (χ1v) is 9.57. The van der Waals surface area contributed by atoms with Gasteiger partial charge in [-0.3, -0.25) is 20.2 Å². The number of non-ortho nitro benzene ring substituents is 1. The number of benzene rings is 2. The van der Waals surface area contributed by atoms with Crippen molar-refractivity contribution < 1.29 is 14.1 Å². The molecular formula is C16H10ClFN4O3S2. The first-order chi connectivity index (χ1) is 12.9. The number of nitro groups is 1. The quantitative estimate of drug-likeness (QED) is 0.264. The van der Waals surface area contributed by atoms with Gasteiger partial charge in [-0.1, -0.05) is 52.9 Å². The fraction of sp³-hybridized carbons (Fsp3) is 0.0625. The molecule has 27 heavy (non-hydrogen) atoms. The topological polar surface area (TPSA) is 98.0 Å². The molecule has 7 nitrogen and oxygen atoms in total. The van der Waals surface area contributed by atoms with Crippen LogP contribution in [0.3, 0.4) is 0 Å². The van der Waals surface area contributed by atoms with Crippen molar-refractivity contribution in [3.8, 4) is 0 Å². The van der Waals surface area contributed by atoms with Gasteiger partial charge in [0.1, 0.15) is 5.82 Å². The van der Waals surface area contributed by atoms with Crippen molar-refractivity contribution in [1.82, 2.24) is 10.2 Å². The van der Waals surface area contributed by atoms with Crippen molar-refractivity contribution in [2.24, 2.45) is 0 Å². The van der Waals surface area contributed by atoms with Gasteiger partial charge in [0.15, 0.2) is 4.34 Å². The molecule has 0 saturated heterocycles. The Morgan fingerprint density at radius 2 is 2.07 bits per heavy atom. The Kier molecular flexibility index (Phi) is 5.99. The summed E-state index contributed by atoms with van der Waals surface area (Å²) in [7, 11) is 0. The number of thioether (sulfide) groups is 1. The molecule has 1 heterocycles. The molecular weight excluding hydrogens is 415 g/mol. The number of hydrogen-bond acceptors (Lipinski definition) is 7. The van der Waals surface area contributed by atoms with Crippen LogP contribution in [-0.2, 0) is 5.75 Å². The third-order valence-electron chi connectivity index (χ3n) is 3.33. The summed E-state index contributed by atoms with van der Waals surface area (Å²) in [6.07, 6.45) is 0. The van der Waals surface area contributed by atoms with Crippen molar-refractivity contribution in [2.75, 3.05) is 5.32 Å². The number of aromatic nitrogens is 2. The monoisotopic (exact) mass is 424 g/mol. The zero-order chi connectivity index (χ0) is 19.4. The van der Waals surface area contributed by atoms with Gasteiger partial charge in [0.25, 0.3) is 11.6 Å². The molecule has 0 spiro atoms. The Morgan fingerprint density at radius 3 is 2.85 bits per heavy atom. The number of nitrogens with one attached hydrogen (secondary N) is 1. The summed E-state index contributed by atoms with van der Waals surface area (Å²) < 4.78 is 14.4. The SMILES string of the molecule is O=C(Nc1nnc(SCc2cccc(Cl)c2F)s1)c1cccc([N+](=O)[O-])c1. The summed E-state index contributed by atoms with van der Waals surface area (Å²) in [5.74, 6) is -0.706. The fourth-order valence-corrected chi connectivity index (χ4v) is 3.96. The van der Waals surface area contributed by atoms with Crippen LogP contribution >= 0.6 is 34.7 Å². The third-order valence-corrected chi connectivity index (χ3v) is 5.64. The van der Waals surface area contributed by atoms with E-state index in [1.165, 1.54) is 42.1 Å². The molecule has 1 aromatic heterocycles. The van der Waals surface area contributed by atoms with Crippen LogP contribution in [0, 0.1) is 15.9 Å². The van der Waals surface area contributed by atoms with Gasteiger partial charge in [-0.25, -0.2) is 4.39 Å². The number of anilines is 1. The van der Waals surface area contributed by atoms with E-state index in [2.05, 4.69) is 15.5 Å². The minimum Gasteiger partial charge on any atom is -0.296 e. The van der Waals surface area contributed by atoms with Crippen LogP contribution in [0.25, 0.3) is 0 Å². The lowest BCUT2D eigenvalue weighted by Crippen LogP contribution is -2.11. The molecule has 0 aliphatic heterocycles. The molecule has 0 atom stereocenters. The van der Waals surface area contributed by atoms with E-state index < -0.39 is 16.6 Å². The number of carbonyl (C=O) groups excluding carboxylic acids is 1. The molecule has 0 aliphatic carbocycles. The predicted molar refractivity (Wildman–Crippen MR) is 102 cm³/mol. The van der Waals surface area contributed by atoms with E-state index in [9.17, 15) is 19.3 Å². The predicted octanol–water partition coefficient (Wildman–Crippen LogP) is 4.78. The number of halogens is 2. The maximum Gasteiger partial charge on any atom is 0.270 e. The number of nitrogens with zero attached hydrogens (tertiary/aromatic N) is 3. The van der Waals surface area contributed by atoms with Crippen LogP contribution in [0.15, 0.2) is 46.8 Å². The fourth-order valence-electron chi connectivity index (χ4n) is 2.05. The van der Waals surface area contributed by atoms with Crippen molar-refractivity contribution in [2.45, 2.75) is 10.1 Å². The lowest BCUT2D eigenvalue weighted by Gasteiger charge is -2.02. The average molecular weight is 425 g/mol. The third kappa shape index (κ3) is 4.79. The number of carbonyl (C=O) groups is 1. The van der Waals surface area contributed by atoms with Gasteiger partial charge in [0, 0.05) is 23.4 Å². The highest BCUT2D eigenvalue weighted by atomic mass is 35.5. The molecule has 1 N–H and O–H groups in total. The van der Waals surface area contributed by atoms with E-state index in [4.69, 9.17) is 11.6 Å². The molecule has 138 valence electrons. The van der Waals surface area contributed by atoms with Gasteiger partial charge in [-0.05, 0) is 17.7 Å². The number of nitro benzene ring substituents is 1. The highest BCUT2D eigenvalue weighted by Crippen LogP contribution is 2.30. The minimum atomic E-state index is -0.578. The normalized spacial score (nSPS) is 10.6. The van der Waals surface area contributed by atoms with Gasteiger partial charge in [0.2, 0.25) is 5.13 Å². The van der Waals surface area contributed by atoms with Crippen molar-refractivity contribution in [3.05, 3.63) is 74.5 Å². The molecule has 11 heteroatoms. The van der Waals surface area contributed by atoms with Gasteiger partial charge in [0.05, 0.1) is 9.95 Å². The standard InChI is InChI=1S/C16H10ClFN4O3S2/c17-12-6-2-4-10(13(12)18)8-26-16-21-20-15(27-16)19-14(23)9-3-1-5-11(7-9)22(24)25/h1-7H,8H2,(H,19,20,23). The molecule has 0 radical (unpaired) electrons. The highest BCUT2D eigenvalue weighted by Gasteiger charge is 2.14. The molecule has 0 unspecified atom stereocenters. The maximum atomic E-state index is 13.9. The van der Waals surface area contributed by atoms with Crippen LogP contribution in [0.1, 0.15) is 15.9 Å². The second-order valence-corrected chi connectivity index (χ2v) is 7.74. The smallest absolute Gasteiger partial charge is 0.270 e. The van der Waals surface area contributed by atoms with Crippen LogP contribution < -0.4 is 5.32 Å². The van der Waals surface area contributed by atoms with Crippen molar-refractivity contribution >= 4 is 51.4 Å². The maximum absolute atomic E-state index is 13.9. The van der Waals surface area contributed by atoms with Crippen LogP contribution in [0.2, 0.25) is 5.02 Å². The van der Waals surface area contributed by atoms with Crippen molar-refractivity contribution in [1.29, 1.82) is 0 Å². The summed E-state index contributed by atoms with van der Waals surface area (Å²) in [4.78, 5) is 22.4. The minimum absolute atomic E-state index is 0.0512. The van der Waals surface area contributed by atoms with Gasteiger partial charge >= 0.3 is 0 Å². The molecule has 0 aliphatic rings. The molecule has 0 saturated carbocycles. The second-order valence-electron chi connectivity index (χ2n) is 5.14. The van der Waals surface area contributed by atoms with E-state index in [1.54, 1.807) is 12.1 Å². The van der Waals surface area contributed by atoms with Crippen molar-refractivity contribution in [3.63, 3.8) is 0 Å². The summed E-state index contributed by atoms with van der Waals surface area (Å²) >= 11 is 8.11. The van der Waals surface area contributed by atoms with E-state index in [1.807, 2.05) is 0 Å². The Balaban J connectivity index is 1.64. The largest absolute Gasteiger partial charge is 0.296 e. The van der Waals surface area contributed by atoms with Gasteiger partial charge < -0.3 is 0 Å². The molecule has 2 aromatic carbocycles. The van der Waals surface area contributed by atoms with E-state index in [-0.39, 0.29) is 21.4 Å². The molecule has 3 rings (SSSR count). The zero-order valence-electron chi connectivity index (χ0n) is 13.4. The summed E-state index contributed by atoms with van der Waals surface area (Å²) in [6, 6.07) is 10.1. The lowest BCUT2D eigenvalue weighted by atomic mass is 10.2. The average Bonchev–Trinajstić information content (AvgIpc) is 3.10. The van der Waals surface area contributed by atoms with E-state index in [0.29, 0.717) is 15.7 Å². The summed E-state index contributed by atoms with van der Waals surface area (Å²) in [6.45, 7) is 0. The highest BCUT2D eigenvalue weighted by molar-refractivity contribution is 8.00. The Bertz CT molecular complexity index is 1010. The summed E-state index contributed by atoms with van der Waals surface area (Å²) in [5.41, 5.74) is 0.388. The second kappa shape index (κ2) is 8.42. The number of amides is 1. The molecule has 0 fully saturated rings. The van der Waals surface area contributed by atoms with E-state index in [0.717, 1.165) is 11.3 Å². The molecule has 3 aromatic rings. The van der Waals surface area contributed by atoms with Crippen LogP contribution in [0.4, 0.5) is 15.2 Å².